The van der Waals surface area contributed by atoms with Crippen molar-refractivity contribution in [3.63, 3.8) is 0 Å². The Labute approximate surface area is 343 Å². The number of ether oxygens (including phenoxy) is 8. The molecule has 4 rings (SSSR count). The summed E-state index contributed by atoms with van der Waals surface area (Å²) in [6.45, 7) is 3.39. The molecule has 25 heteroatoms. The fraction of sp³-hybridized carbons (Fsp3) is 0.857. The average Bonchev–Trinajstić information content (AvgIpc) is 3.18. The number of carboxylic acids is 1. The molecule has 0 aromatic carbocycles. The van der Waals surface area contributed by atoms with E-state index >= 15 is 0 Å². The molecule has 0 spiro atoms. The first kappa shape index (κ1) is 49.6. The predicted octanol–water partition coefficient (Wildman–Crippen LogP) is -7.15. The molecule has 10 unspecified atom stereocenters. The standard InChI is InChI=1S/C35H57N3O22/c1-11(41)7-6-8-36-31(50)29-27(53-5)21(46)23(48)34(59-29)57-26-18(38-14(4)43)33(55-16(10-40)20(26)45)58-28-22(47)24(49)35(60-30(28)32(51)52)56-25-17(37-13(3)42)12(2)54-15(9-39)19(25)44/h12,15-30,33-35,39-40,44-49H,6-10H2,1-5H3,(H,36,50)(H,37,42)(H,38,43)(H,51,52)/t12?,15?,16?,17?,18?,19-,20-,21?,22?,23+,24+,25-,26-,27+,28+,29?,30?,33?,34-,35-/m1/s1. The van der Waals surface area contributed by atoms with Crippen LogP contribution in [0.1, 0.15) is 40.5 Å². The highest BCUT2D eigenvalue weighted by molar-refractivity contribution is 5.82. The lowest BCUT2D eigenvalue weighted by Crippen LogP contribution is -2.70. The van der Waals surface area contributed by atoms with Crippen LogP contribution in [0, 0.1) is 0 Å². The van der Waals surface area contributed by atoms with E-state index in [4.69, 9.17) is 37.9 Å². The molecular weight excluding hydrogens is 814 g/mol. The van der Waals surface area contributed by atoms with Crippen molar-refractivity contribution in [2.45, 2.75) is 163 Å². The Morgan fingerprint density at radius 1 is 0.600 bits per heavy atom. The van der Waals surface area contributed by atoms with Crippen LogP contribution >= 0.6 is 0 Å². The maximum atomic E-state index is 13.2. The highest BCUT2D eigenvalue weighted by Crippen LogP contribution is 2.35. The molecule has 4 aliphatic heterocycles. The summed E-state index contributed by atoms with van der Waals surface area (Å²) in [5, 5.41) is 104. The summed E-state index contributed by atoms with van der Waals surface area (Å²) in [6.07, 6.45) is -31.9. The van der Waals surface area contributed by atoms with Crippen molar-refractivity contribution in [1.82, 2.24) is 16.0 Å². The number of carbonyl (C=O) groups is 5. The fourth-order valence-electron chi connectivity index (χ4n) is 7.45. The minimum Gasteiger partial charge on any atom is -0.479 e. The van der Waals surface area contributed by atoms with E-state index in [1.807, 2.05) is 0 Å². The van der Waals surface area contributed by atoms with Gasteiger partial charge in [0, 0.05) is 33.9 Å². The van der Waals surface area contributed by atoms with Gasteiger partial charge in [-0.05, 0) is 20.3 Å². The van der Waals surface area contributed by atoms with Crippen molar-refractivity contribution < 1.29 is 108 Å². The summed E-state index contributed by atoms with van der Waals surface area (Å²) in [7, 11) is 1.13. The number of carboxylic acid groups (broad SMARTS) is 1. The first-order valence-electron chi connectivity index (χ1n) is 19.2. The molecule has 0 saturated carbocycles. The lowest BCUT2D eigenvalue weighted by Gasteiger charge is -2.50. The maximum Gasteiger partial charge on any atom is 0.335 e. The molecule has 12 N–H and O–H groups in total. The van der Waals surface area contributed by atoms with Gasteiger partial charge in [0.1, 0.15) is 85.1 Å². The molecule has 3 amide bonds. The molecule has 0 radical (unpaired) electrons. The average molecular weight is 872 g/mol. The largest absolute Gasteiger partial charge is 0.479 e. The van der Waals surface area contributed by atoms with Gasteiger partial charge in [0.25, 0.3) is 5.91 Å². The third-order valence-electron chi connectivity index (χ3n) is 10.5. The van der Waals surface area contributed by atoms with Gasteiger partial charge in [-0.1, -0.05) is 0 Å². The van der Waals surface area contributed by atoms with Crippen LogP contribution in [0.5, 0.6) is 0 Å². The Morgan fingerprint density at radius 3 is 1.58 bits per heavy atom. The van der Waals surface area contributed by atoms with Gasteiger partial charge >= 0.3 is 5.97 Å². The van der Waals surface area contributed by atoms with Gasteiger partial charge < -0.3 is 105 Å². The minimum atomic E-state index is -2.23. The Morgan fingerprint density at radius 2 is 1.08 bits per heavy atom. The zero-order valence-corrected chi connectivity index (χ0v) is 33.4. The number of methoxy groups -OCH3 is 1. The van der Waals surface area contributed by atoms with Crippen molar-refractivity contribution in [3.05, 3.63) is 0 Å². The third-order valence-corrected chi connectivity index (χ3v) is 10.5. The van der Waals surface area contributed by atoms with Gasteiger partial charge in [-0.15, -0.1) is 0 Å². The molecule has 4 saturated heterocycles. The molecule has 20 atom stereocenters. The van der Waals surface area contributed by atoms with Crippen molar-refractivity contribution in [2.75, 3.05) is 26.9 Å². The topological polar surface area (TPSA) is 377 Å². The normalized spacial score (nSPS) is 42.1. The van der Waals surface area contributed by atoms with E-state index in [9.17, 15) is 69.9 Å². The number of rotatable bonds is 17. The van der Waals surface area contributed by atoms with Crippen LogP contribution < -0.4 is 16.0 Å². The molecule has 4 heterocycles. The Hall–Kier alpha value is -3.09. The second kappa shape index (κ2) is 21.8. The van der Waals surface area contributed by atoms with E-state index in [-0.39, 0.29) is 25.2 Å². The third kappa shape index (κ3) is 11.5. The number of aliphatic hydroxyl groups is 8. The number of hydrogen-bond acceptors (Lipinski definition) is 21. The van der Waals surface area contributed by atoms with Gasteiger partial charge in [-0.3, -0.25) is 14.4 Å². The number of aliphatic hydroxyl groups excluding tert-OH is 8. The Balaban J connectivity index is 1.60. The number of Topliss-reactive ketones (excluding diaryl/α,β-unsaturated/α-hetero) is 1. The summed E-state index contributed by atoms with van der Waals surface area (Å²) in [5.41, 5.74) is 0. The highest BCUT2D eigenvalue weighted by Gasteiger charge is 2.57. The second-order valence-electron chi connectivity index (χ2n) is 15.0. The van der Waals surface area contributed by atoms with Gasteiger partial charge in [-0.25, -0.2) is 4.79 Å². The predicted molar refractivity (Wildman–Crippen MR) is 192 cm³/mol. The van der Waals surface area contributed by atoms with Crippen molar-refractivity contribution in [1.29, 1.82) is 0 Å². The number of ketones is 1. The minimum absolute atomic E-state index is 0.0213. The number of hydrogen-bond donors (Lipinski definition) is 12. The molecule has 4 fully saturated rings. The first-order chi connectivity index (χ1) is 28.2. The summed E-state index contributed by atoms with van der Waals surface area (Å²) in [4.78, 5) is 61.7. The van der Waals surface area contributed by atoms with Crippen molar-refractivity contribution in [2.24, 2.45) is 0 Å². The Kier molecular flexibility index (Phi) is 18.0. The lowest BCUT2D eigenvalue weighted by molar-refractivity contribution is -0.366. The lowest BCUT2D eigenvalue weighted by atomic mass is 9.92. The Bertz CT molecular complexity index is 1480. The molecule has 0 aromatic heterocycles. The number of carbonyl (C=O) groups excluding carboxylic acids is 4. The maximum absolute atomic E-state index is 13.2. The van der Waals surface area contributed by atoms with E-state index in [1.165, 1.54) is 13.8 Å². The SMILES string of the molecule is CO[C@@H]1C(C(=O)NCCCC(C)=O)O[C@@H](O[C@@H]2C(NC(C)=O)C(O[C@@H]3C(C(=O)O)O[C@@H](O[C@@H]4C(NC(C)=O)C(C)OC(CO)[C@H]4O)[C@@H](O)C3O)OC(CO)[C@H]2O)[C@@H](O)C1O. The van der Waals surface area contributed by atoms with Crippen LogP contribution in [0.2, 0.25) is 0 Å². The molecule has 60 heavy (non-hydrogen) atoms. The summed E-state index contributed by atoms with van der Waals surface area (Å²) in [5.74, 6) is -4.16. The van der Waals surface area contributed by atoms with Gasteiger partial charge in [0.05, 0.1) is 25.4 Å². The molecule has 344 valence electrons. The molecule has 25 nitrogen and oxygen atoms in total. The zero-order chi connectivity index (χ0) is 44.7. The van der Waals surface area contributed by atoms with E-state index in [0.717, 1.165) is 21.0 Å². The van der Waals surface area contributed by atoms with Crippen LogP contribution in [-0.4, -0.2) is 225 Å². The van der Waals surface area contributed by atoms with Crippen LogP contribution in [0.15, 0.2) is 0 Å². The number of nitrogens with one attached hydrogen (secondary N) is 3. The first-order valence-corrected chi connectivity index (χ1v) is 19.2. The molecule has 0 bridgehead atoms. The van der Waals surface area contributed by atoms with Crippen molar-refractivity contribution in [3.8, 4) is 0 Å². The monoisotopic (exact) mass is 871 g/mol. The molecule has 0 aliphatic carbocycles. The van der Waals surface area contributed by atoms with Crippen LogP contribution in [0.25, 0.3) is 0 Å². The highest BCUT2D eigenvalue weighted by atomic mass is 16.8. The number of amides is 3. The van der Waals surface area contributed by atoms with E-state index < -0.39 is 159 Å². The van der Waals surface area contributed by atoms with Crippen LogP contribution in [0.3, 0.4) is 0 Å². The summed E-state index contributed by atoms with van der Waals surface area (Å²) < 4.78 is 45.3. The summed E-state index contributed by atoms with van der Waals surface area (Å²) >= 11 is 0. The van der Waals surface area contributed by atoms with Crippen LogP contribution in [-0.2, 0) is 61.9 Å². The van der Waals surface area contributed by atoms with Gasteiger partial charge in [-0.2, -0.15) is 0 Å². The van der Waals surface area contributed by atoms with E-state index in [0.29, 0.717) is 0 Å². The molecular formula is C35H57N3O22. The smallest absolute Gasteiger partial charge is 0.335 e. The number of aliphatic carboxylic acids is 1. The van der Waals surface area contributed by atoms with Gasteiger partial charge in [0.15, 0.2) is 31.1 Å². The fourth-order valence-corrected chi connectivity index (χ4v) is 7.45. The van der Waals surface area contributed by atoms with E-state index in [2.05, 4.69) is 16.0 Å². The molecule has 4 aliphatic rings. The van der Waals surface area contributed by atoms with E-state index in [1.54, 1.807) is 0 Å². The van der Waals surface area contributed by atoms with Crippen molar-refractivity contribution >= 4 is 29.5 Å². The second-order valence-corrected chi connectivity index (χ2v) is 15.0. The summed E-state index contributed by atoms with van der Waals surface area (Å²) in [6, 6.07) is -2.86. The van der Waals surface area contributed by atoms with Gasteiger partial charge in [0.2, 0.25) is 11.8 Å². The quantitative estimate of drug-likeness (QED) is 0.0604. The zero-order valence-electron chi connectivity index (χ0n) is 33.4. The van der Waals surface area contributed by atoms with Crippen LogP contribution in [0.4, 0.5) is 0 Å². The molecule has 0 aromatic rings.